The Balaban J connectivity index is 0.000000349. The van der Waals surface area contributed by atoms with E-state index < -0.39 is 39.1 Å². The van der Waals surface area contributed by atoms with E-state index in [2.05, 4.69) is 29.8 Å². The van der Waals surface area contributed by atoms with Crippen molar-refractivity contribution in [1.29, 1.82) is 0 Å². The highest BCUT2D eigenvalue weighted by Gasteiger charge is 2.56. The number of carboxylic acids is 2. The van der Waals surface area contributed by atoms with E-state index in [4.69, 9.17) is 19.8 Å². The van der Waals surface area contributed by atoms with Crippen LogP contribution in [0.25, 0.3) is 0 Å². The Morgan fingerprint density at radius 2 is 1.46 bits per heavy atom. The third kappa shape index (κ3) is 8.31. The number of likely N-dealkylation sites (tertiary alicyclic amines) is 1. The molecular weight excluding hydrogens is 584 g/mol. The number of rotatable bonds is 4. The summed E-state index contributed by atoms with van der Waals surface area (Å²) in [5.74, 6) is -5.23. The minimum atomic E-state index is -5.08. The van der Waals surface area contributed by atoms with Crippen molar-refractivity contribution >= 4 is 27.6 Å². The van der Waals surface area contributed by atoms with Gasteiger partial charge in [-0.2, -0.15) is 26.3 Å². The van der Waals surface area contributed by atoms with Crippen molar-refractivity contribution in [2.75, 3.05) is 23.9 Å². The first-order chi connectivity index (χ1) is 18.8. The summed E-state index contributed by atoms with van der Waals surface area (Å²) >= 11 is 0. The van der Waals surface area contributed by atoms with Crippen LogP contribution in [-0.4, -0.2) is 72.4 Å². The number of carboxylic acid groups (broad SMARTS) is 2. The number of anilines is 1. The van der Waals surface area contributed by atoms with Crippen LogP contribution in [0, 0.1) is 5.92 Å². The highest BCUT2D eigenvalue weighted by molar-refractivity contribution is 7.94. The Bertz CT molecular complexity index is 1270. The number of sulfonamides is 1. The molecule has 228 valence electrons. The van der Waals surface area contributed by atoms with Gasteiger partial charge in [0.25, 0.3) is 0 Å². The first-order valence-electron chi connectivity index (χ1n) is 12.2. The first-order valence-corrected chi connectivity index (χ1v) is 13.6. The van der Waals surface area contributed by atoms with E-state index in [1.165, 1.54) is 5.56 Å². The van der Waals surface area contributed by atoms with Gasteiger partial charge >= 0.3 is 24.3 Å². The van der Waals surface area contributed by atoms with Crippen LogP contribution in [0.4, 0.5) is 32.0 Å². The number of nitrogens with zero attached hydrogens (tertiary/aromatic N) is 3. The van der Waals surface area contributed by atoms with Crippen molar-refractivity contribution in [3.8, 4) is 0 Å². The van der Waals surface area contributed by atoms with Gasteiger partial charge in [-0.15, -0.1) is 0 Å². The molecular formula is C25H29F6N3O6S. The molecule has 4 rings (SSSR count). The van der Waals surface area contributed by atoms with Crippen molar-refractivity contribution in [1.82, 2.24) is 9.88 Å². The summed E-state index contributed by atoms with van der Waals surface area (Å²) in [6.07, 6.45) is -5.22. The number of hydrogen-bond donors (Lipinski definition) is 2. The minimum Gasteiger partial charge on any atom is -0.475 e. The van der Waals surface area contributed by atoms with Crippen molar-refractivity contribution in [2.24, 2.45) is 5.92 Å². The monoisotopic (exact) mass is 613 g/mol. The largest absolute Gasteiger partial charge is 0.490 e. The molecule has 1 fully saturated rings. The van der Waals surface area contributed by atoms with Gasteiger partial charge in [0.2, 0.25) is 10.0 Å². The van der Waals surface area contributed by atoms with Crippen LogP contribution < -0.4 is 4.31 Å². The van der Waals surface area contributed by atoms with Gasteiger partial charge in [0.1, 0.15) is 4.75 Å². The fourth-order valence-electron chi connectivity index (χ4n) is 4.43. The van der Waals surface area contributed by atoms with E-state index in [0.29, 0.717) is 19.4 Å². The van der Waals surface area contributed by atoms with Gasteiger partial charge in [-0.25, -0.2) is 18.0 Å². The summed E-state index contributed by atoms with van der Waals surface area (Å²) in [5, 5.41) is 14.2. The maximum atomic E-state index is 13.6. The summed E-state index contributed by atoms with van der Waals surface area (Å²) in [7, 11) is -3.41. The molecule has 0 atom stereocenters. The molecule has 0 unspecified atom stereocenters. The molecule has 0 radical (unpaired) electrons. The number of alkyl halides is 6. The average molecular weight is 614 g/mol. The normalized spacial score (nSPS) is 17.6. The van der Waals surface area contributed by atoms with Gasteiger partial charge in [-0.1, -0.05) is 38.1 Å². The Labute approximate surface area is 232 Å². The molecule has 1 aromatic heterocycles. The molecule has 16 heteroatoms. The van der Waals surface area contributed by atoms with Crippen LogP contribution in [0.5, 0.6) is 0 Å². The quantitative estimate of drug-likeness (QED) is 0.478. The smallest absolute Gasteiger partial charge is 0.475 e. The fourth-order valence-corrected chi connectivity index (χ4v) is 6.92. The molecule has 41 heavy (non-hydrogen) atoms. The van der Waals surface area contributed by atoms with Crippen LogP contribution in [0.3, 0.4) is 0 Å². The number of piperidine rings is 1. The number of para-hydroxylation sites is 1. The Morgan fingerprint density at radius 3 is 1.90 bits per heavy atom. The van der Waals surface area contributed by atoms with Gasteiger partial charge in [0.15, 0.2) is 0 Å². The van der Waals surface area contributed by atoms with Crippen molar-refractivity contribution in [3.05, 3.63) is 59.9 Å². The molecule has 1 spiro atoms. The predicted molar refractivity (Wildman–Crippen MR) is 135 cm³/mol. The van der Waals surface area contributed by atoms with E-state index in [0.717, 1.165) is 30.9 Å². The lowest BCUT2D eigenvalue weighted by atomic mass is 9.87. The molecule has 2 aliphatic heterocycles. The number of fused-ring (bicyclic) bond motifs is 2. The maximum absolute atomic E-state index is 13.6. The summed E-state index contributed by atoms with van der Waals surface area (Å²) in [6.45, 7) is 7.05. The minimum absolute atomic E-state index is 0.286. The first kappa shape index (κ1) is 33.8. The highest BCUT2D eigenvalue weighted by Crippen LogP contribution is 2.52. The molecule has 2 aliphatic rings. The fraction of sp³-hybridized carbons (Fsp3) is 0.480. The Morgan fingerprint density at radius 1 is 0.951 bits per heavy atom. The zero-order valence-electron chi connectivity index (χ0n) is 22.0. The van der Waals surface area contributed by atoms with Crippen molar-refractivity contribution in [2.45, 2.75) is 50.3 Å². The van der Waals surface area contributed by atoms with Gasteiger partial charge in [0, 0.05) is 38.6 Å². The zero-order chi connectivity index (χ0) is 31.2. The van der Waals surface area contributed by atoms with E-state index in [1.54, 1.807) is 10.5 Å². The second-order valence-electron chi connectivity index (χ2n) is 9.68. The third-order valence-electron chi connectivity index (χ3n) is 6.26. The van der Waals surface area contributed by atoms with Crippen LogP contribution in [0.2, 0.25) is 0 Å². The molecule has 2 aromatic rings. The van der Waals surface area contributed by atoms with Gasteiger partial charge in [0.05, 0.1) is 5.69 Å². The number of hydrogen-bond acceptors (Lipinski definition) is 6. The second kappa shape index (κ2) is 13.1. The van der Waals surface area contributed by atoms with E-state index >= 15 is 0 Å². The molecule has 3 heterocycles. The number of pyridine rings is 1. The van der Waals surface area contributed by atoms with Crippen LogP contribution in [0.1, 0.15) is 37.8 Å². The van der Waals surface area contributed by atoms with E-state index in [9.17, 15) is 34.8 Å². The van der Waals surface area contributed by atoms with Crippen molar-refractivity contribution < 1.29 is 54.6 Å². The van der Waals surface area contributed by atoms with Gasteiger partial charge in [-0.05, 0) is 42.0 Å². The lowest BCUT2D eigenvalue weighted by Gasteiger charge is -2.39. The summed E-state index contributed by atoms with van der Waals surface area (Å²) in [6, 6.07) is 11.9. The second-order valence-corrected chi connectivity index (χ2v) is 11.9. The Hall–Kier alpha value is -3.40. The molecule has 1 aromatic carbocycles. The number of aliphatic carboxylic acids is 2. The predicted octanol–water partition coefficient (Wildman–Crippen LogP) is 4.65. The third-order valence-corrected chi connectivity index (χ3v) is 8.80. The molecule has 1 saturated heterocycles. The summed E-state index contributed by atoms with van der Waals surface area (Å²) in [4.78, 5) is 24.3. The average Bonchev–Trinajstić information content (AvgIpc) is 3.04. The maximum Gasteiger partial charge on any atom is 0.490 e. The van der Waals surface area contributed by atoms with E-state index in [1.807, 2.05) is 36.5 Å². The SMILES string of the molecule is CC(C)CN1c2ccccc2C2(CCN(Cc3cccnc3)CC2)S1(=O)=O.O=C(O)C(F)(F)F.O=C(O)C(F)(F)F. The topological polar surface area (TPSA) is 128 Å². The summed E-state index contributed by atoms with van der Waals surface area (Å²) in [5.41, 5.74) is 3.04. The summed E-state index contributed by atoms with van der Waals surface area (Å²) < 4.78 is 91.6. The molecule has 0 bridgehead atoms. The molecule has 0 amide bonds. The standard InChI is InChI=1S/C21H27N3O2S.2C2HF3O2/c1-17(2)15-24-20-8-4-3-7-19(20)21(27(24,25)26)9-12-23(13-10-21)16-18-6-5-11-22-14-18;2*3-2(4,5)1(6)7/h3-8,11,14,17H,9-10,12-13,15-16H2,1-2H3;2*(H,6,7). The van der Waals surface area contributed by atoms with E-state index in [-0.39, 0.29) is 5.92 Å². The molecule has 0 saturated carbocycles. The lowest BCUT2D eigenvalue weighted by Crippen LogP contribution is -2.48. The van der Waals surface area contributed by atoms with Crippen molar-refractivity contribution in [3.63, 3.8) is 0 Å². The molecule has 2 N–H and O–H groups in total. The molecule has 9 nitrogen and oxygen atoms in total. The Kier molecular flexibility index (Phi) is 10.8. The van der Waals surface area contributed by atoms with Crippen LogP contribution in [-0.2, 0) is 30.9 Å². The number of aromatic nitrogens is 1. The molecule has 0 aliphatic carbocycles. The number of carbonyl (C=O) groups is 2. The number of halogens is 6. The zero-order valence-corrected chi connectivity index (χ0v) is 22.8. The highest BCUT2D eigenvalue weighted by atomic mass is 32.2. The lowest BCUT2D eigenvalue weighted by molar-refractivity contribution is -0.193. The number of benzene rings is 1. The van der Waals surface area contributed by atoms with Crippen LogP contribution >= 0.6 is 0 Å². The van der Waals surface area contributed by atoms with Crippen LogP contribution in [0.15, 0.2) is 48.8 Å². The van der Waals surface area contributed by atoms with Gasteiger partial charge < -0.3 is 10.2 Å². The van der Waals surface area contributed by atoms with Gasteiger partial charge in [-0.3, -0.25) is 14.2 Å².